The van der Waals surface area contributed by atoms with Crippen LogP contribution < -0.4 is 4.74 Å². The lowest BCUT2D eigenvalue weighted by Crippen LogP contribution is -2.55. The molecule has 3 rings (SSSR count). The molecule has 0 saturated carbocycles. The first kappa shape index (κ1) is 16.6. The maximum Gasteiger partial charge on any atom is 0.387 e. The Hall–Kier alpha value is -2.23. The lowest BCUT2D eigenvalue weighted by atomic mass is 9.87. The number of amides is 1. The molecule has 0 spiro atoms. The molecule has 1 aromatic carbocycles. The third-order valence-electron chi connectivity index (χ3n) is 4.38. The van der Waals surface area contributed by atoms with Crippen molar-refractivity contribution in [3.8, 4) is 11.8 Å². The van der Waals surface area contributed by atoms with E-state index in [2.05, 4.69) is 6.07 Å². The van der Waals surface area contributed by atoms with Crippen LogP contribution in [0.2, 0.25) is 0 Å². The van der Waals surface area contributed by atoms with E-state index in [9.17, 15) is 10.1 Å². The number of nitriles is 1. The highest BCUT2D eigenvalue weighted by molar-refractivity contribution is 6.06. The van der Waals surface area contributed by atoms with Crippen LogP contribution in [0.15, 0.2) is 18.2 Å². The van der Waals surface area contributed by atoms with E-state index in [1.165, 1.54) is 0 Å². The Morgan fingerprint density at radius 1 is 1.50 bits per heavy atom. The normalized spacial score (nSPS) is 25.1. The number of carbonyl (C=O) groups excluding carboxylic acids is 1. The molecule has 126 valence electrons. The summed E-state index contributed by atoms with van der Waals surface area (Å²) in [4.78, 5) is 12.4. The predicted molar refractivity (Wildman–Crippen MR) is 86.2 cm³/mol. The van der Waals surface area contributed by atoms with E-state index in [0.29, 0.717) is 29.8 Å². The molecule has 6 nitrogen and oxygen atoms in total. The van der Waals surface area contributed by atoms with Gasteiger partial charge in [0.05, 0.1) is 36.8 Å². The lowest BCUT2D eigenvalue weighted by Gasteiger charge is -2.38. The van der Waals surface area contributed by atoms with Crippen LogP contribution in [0.1, 0.15) is 37.8 Å². The minimum Gasteiger partial charge on any atom is -0.484 e. The quantitative estimate of drug-likeness (QED) is 0.844. The maximum atomic E-state index is 12.4. The highest BCUT2D eigenvalue weighted by Gasteiger charge is 2.49. The second-order valence-electron chi connectivity index (χ2n) is 6.54. The molecule has 0 aliphatic carbocycles. The molecule has 24 heavy (non-hydrogen) atoms. The number of benzene rings is 1. The number of fused-ring (bicyclic) bond motifs is 1. The number of rotatable bonds is 3. The lowest BCUT2D eigenvalue weighted by molar-refractivity contribution is -0.437. The van der Waals surface area contributed by atoms with Crippen LogP contribution in [0.3, 0.4) is 0 Å². The first-order chi connectivity index (χ1) is 11.5. The van der Waals surface area contributed by atoms with E-state index < -0.39 is 11.7 Å². The van der Waals surface area contributed by atoms with Gasteiger partial charge in [-0.25, -0.2) is 4.79 Å². The smallest absolute Gasteiger partial charge is 0.387 e. The molecular formula is C18H21N2O4+. The van der Waals surface area contributed by atoms with Gasteiger partial charge in [-0.15, -0.1) is 0 Å². The minimum atomic E-state index is -0.700. The van der Waals surface area contributed by atoms with Crippen molar-refractivity contribution >= 4 is 11.6 Å². The van der Waals surface area contributed by atoms with Crippen LogP contribution in [0.5, 0.6) is 5.75 Å². The average Bonchev–Trinajstić information content (AvgIpc) is 2.97. The van der Waals surface area contributed by atoms with E-state index in [4.69, 9.17) is 14.6 Å². The van der Waals surface area contributed by atoms with Gasteiger partial charge >= 0.3 is 5.91 Å². The Balaban J connectivity index is 2.22. The average molecular weight is 329 g/mol. The van der Waals surface area contributed by atoms with Crippen molar-refractivity contribution in [2.24, 2.45) is 0 Å². The van der Waals surface area contributed by atoms with Gasteiger partial charge in [-0.2, -0.15) is 9.84 Å². The van der Waals surface area contributed by atoms with Gasteiger partial charge in [0.1, 0.15) is 11.4 Å². The third kappa shape index (κ3) is 2.81. The van der Waals surface area contributed by atoms with Gasteiger partial charge in [0, 0.05) is 6.42 Å². The van der Waals surface area contributed by atoms with E-state index >= 15 is 0 Å². The van der Waals surface area contributed by atoms with Crippen LogP contribution in [-0.4, -0.2) is 52.8 Å². The van der Waals surface area contributed by atoms with Gasteiger partial charge in [0.15, 0.2) is 12.6 Å². The molecule has 0 bridgehead atoms. The molecule has 2 aliphatic rings. The topological polar surface area (TPSA) is 82.6 Å². The molecule has 6 heteroatoms. The highest BCUT2D eigenvalue weighted by Crippen LogP contribution is 2.36. The highest BCUT2D eigenvalue weighted by atomic mass is 16.6. The molecule has 0 unspecified atom stereocenters. The van der Waals surface area contributed by atoms with E-state index in [0.717, 1.165) is 12.1 Å². The summed E-state index contributed by atoms with van der Waals surface area (Å²) in [5.74, 6) is 0.686. The molecular weight excluding hydrogens is 308 g/mol. The number of carbonyl (C=O) groups is 1. The number of ether oxygens (including phenoxy) is 2. The maximum absolute atomic E-state index is 12.4. The molecule has 2 heterocycles. The Kier molecular flexibility index (Phi) is 4.39. The Morgan fingerprint density at radius 2 is 2.29 bits per heavy atom. The van der Waals surface area contributed by atoms with Gasteiger partial charge in [0.2, 0.25) is 5.71 Å². The Labute approximate surface area is 140 Å². The molecule has 1 amide bonds. The van der Waals surface area contributed by atoms with Crippen LogP contribution in [0.4, 0.5) is 0 Å². The van der Waals surface area contributed by atoms with Crippen LogP contribution in [0, 0.1) is 11.3 Å². The fourth-order valence-corrected chi connectivity index (χ4v) is 3.34. The minimum absolute atomic E-state index is 0.0496. The third-order valence-corrected chi connectivity index (χ3v) is 4.38. The monoisotopic (exact) mass is 329 g/mol. The van der Waals surface area contributed by atoms with Crippen molar-refractivity contribution < 1.29 is 24.0 Å². The summed E-state index contributed by atoms with van der Waals surface area (Å²) < 4.78 is 13.7. The SMILES string of the molecule is CC1(C)Oc2ccc(C#N)cc2C(=[N+]2CCCC2=O)[C@@H]1OCCO. The zero-order valence-electron chi connectivity index (χ0n) is 13.9. The van der Waals surface area contributed by atoms with E-state index in [-0.39, 0.29) is 19.1 Å². The molecule has 0 aromatic heterocycles. The molecule has 2 aliphatic heterocycles. The fourth-order valence-electron chi connectivity index (χ4n) is 3.34. The van der Waals surface area contributed by atoms with Crippen LogP contribution in [-0.2, 0) is 9.53 Å². The van der Waals surface area contributed by atoms with Gasteiger partial charge in [-0.3, -0.25) is 0 Å². The summed E-state index contributed by atoms with van der Waals surface area (Å²) in [5.41, 5.74) is 1.25. The zero-order valence-corrected chi connectivity index (χ0v) is 13.9. The van der Waals surface area contributed by atoms with Crippen LogP contribution >= 0.6 is 0 Å². The molecule has 1 N–H and O–H groups in total. The van der Waals surface area contributed by atoms with Crippen molar-refractivity contribution in [3.63, 3.8) is 0 Å². The van der Waals surface area contributed by atoms with Crippen molar-refractivity contribution in [1.29, 1.82) is 5.26 Å². The first-order valence-corrected chi connectivity index (χ1v) is 8.11. The molecule has 1 atom stereocenters. The molecule has 1 saturated heterocycles. The Morgan fingerprint density at radius 3 is 2.92 bits per heavy atom. The second kappa shape index (κ2) is 6.34. The second-order valence-corrected chi connectivity index (χ2v) is 6.54. The van der Waals surface area contributed by atoms with Crippen LogP contribution in [0.25, 0.3) is 0 Å². The van der Waals surface area contributed by atoms with Gasteiger partial charge < -0.3 is 14.6 Å². The van der Waals surface area contributed by atoms with Crippen molar-refractivity contribution in [1.82, 2.24) is 0 Å². The number of aliphatic hydroxyl groups is 1. The van der Waals surface area contributed by atoms with Crippen molar-refractivity contribution in [2.45, 2.75) is 38.4 Å². The molecule has 0 radical (unpaired) electrons. The fraction of sp³-hybridized carbons (Fsp3) is 0.500. The molecule has 1 fully saturated rings. The predicted octanol–water partition coefficient (Wildman–Crippen LogP) is 1.23. The number of nitrogens with zero attached hydrogens (tertiary/aromatic N) is 2. The molecule has 1 aromatic rings. The van der Waals surface area contributed by atoms with Crippen molar-refractivity contribution in [3.05, 3.63) is 29.3 Å². The summed E-state index contributed by atoms with van der Waals surface area (Å²) in [7, 11) is 0. The van der Waals surface area contributed by atoms with Crippen molar-refractivity contribution in [2.75, 3.05) is 19.8 Å². The van der Waals surface area contributed by atoms with Gasteiger partial charge in [0.25, 0.3) is 0 Å². The Bertz CT molecular complexity index is 746. The van der Waals surface area contributed by atoms with E-state index in [1.807, 2.05) is 13.8 Å². The summed E-state index contributed by atoms with van der Waals surface area (Å²) in [6.07, 6.45) is 0.794. The standard InChI is InChI=1S/C18H21N2O4/c1-18(2)17(23-9-8-21)16(20-7-3-4-15(20)22)13-10-12(11-19)5-6-14(13)24-18/h5-6,10,17,21H,3-4,7-9H2,1-2H3/q+1/t17-/m0/s1. The number of hydrogen-bond acceptors (Lipinski definition) is 5. The number of hydrogen-bond donors (Lipinski definition) is 1. The summed E-state index contributed by atoms with van der Waals surface area (Å²) >= 11 is 0. The van der Waals surface area contributed by atoms with Gasteiger partial charge in [-0.1, -0.05) is 0 Å². The largest absolute Gasteiger partial charge is 0.484 e. The summed E-state index contributed by atoms with van der Waals surface area (Å²) in [5, 5.41) is 18.4. The number of aliphatic hydroxyl groups excluding tert-OH is 1. The first-order valence-electron chi connectivity index (χ1n) is 8.11. The van der Waals surface area contributed by atoms with Gasteiger partial charge in [-0.05, 0) is 32.0 Å². The van der Waals surface area contributed by atoms with E-state index in [1.54, 1.807) is 22.8 Å². The summed E-state index contributed by atoms with van der Waals surface area (Å²) in [6.45, 7) is 4.46. The summed E-state index contributed by atoms with van der Waals surface area (Å²) in [6, 6.07) is 7.33. The zero-order chi connectivity index (χ0) is 17.3.